The summed E-state index contributed by atoms with van der Waals surface area (Å²) in [7, 11) is 0. The summed E-state index contributed by atoms with van der Waals surface area (Å²) in [6.45, 7) is 10.6. The van der Waals surface area contributed by atoms with Gasteiger partial charge in [-0.2, -0.15) is 5.10 Å². The summed E-state index contributed by atoms with van der Waals surface area (Å²) < 4.78 is 1.81. The standard InChI is InChI=1S/C17H26N6.HI/c1-5-19-16(22-17(2,3)4)20-10-14-7-6-8-15(9-14)11-23-13-18-12-21-23;/h6-9,12-13H,5,10-11H2,1-4H3,(H2,19,20,22);1H. The molecule has 0 fully saturated rings. The molecule has 132 valence electrons. The molecule has 1 aromatic carbocycles. The molecule has 0 saturated carbocycles. The van der Waals surface area contributed by atoms with E-state index in [0.717, 1.165) is 19.0 Å². The van der Waals surface area contributed by atoms with Crippen LogP contribution in [0.5, 0.6) is 0 Å². The Labute approximate surface area is 161 Å². The third-order valence-corrected chi connectivity index (χ3v) is 3.06. The predicted molar refractivity (Wildman–Crippen MR) is 109 cm³/mol. The Bertz CT molecular complexity index is 631. The van der Waals surface area contributed by atoms with E-state index >= 15 is 0 Å². The molecule has 2 N–H and O–H groups in total. The van der Waals surface area contributed by atoms with E-state index < -0.39 is 0 Å². The summed E-state index contributed by atoms with van der Waals surface area (Å²) >= 11 is 0. The van der Waals surface area contributed by atoms with Gasteiger partial charge in [0.15, 0.2) is 5.96 Å². The highest BCUT2D eigenvalue weighted by molar-refractivity contribution is 14.0. The molecule has 0 spiro atoms. The fourth-order valence-electron chi connectivity index (χ4n) is 2.16. The number of hydrogen-bond donors (Lipinski definition) is 2. The highest BCUT2D eigenvalue weighted by Crippen LogP contribution is 2.08. The maximum absolute atomic E-state index is 4.67. The molecule has 0 aliphatic rings. The molecule has 0 radical (unpaired) electrons. The fraction of sp³-hybridized carbons (Fsp3) is 0.471. The lowest BCUT2D eigenvalue weighted by molar-refractivity contribution is 0.501. The van der Waals surface area contributed by atoms with Crippen LogP contribution in [0.2, 0.25) is 0 Å². The smallest absolute Gasteiger partial charge is 0.191 e. The summed E-state index contributed by atoms with van der Waals surface area (Å²) in [5, 5.41) is 10.8. The van der Waals surface area contributed by atoms with Crippen LogP contribution >= 0.6 is 24.0 Å². The van der Waals surface area contributed by atoms with Crippen molar-refractivity contribution < 1.29 is 0 Å². The van der Waals surface area contributed by atoms with Crippen LogP contribution < -0.4 is 10.6 Å². The molecule has 2 aromatic rings. The summed E-state index contributed by atoms with van der Waals surface area (Å²) in [5.74, 6) is 0.835. The number of aromatic nitrogens is 3. The monoisotopic (exact) mass is 442 g/mol. The first kappa shape index (κ1) is 20.4. The van der Waals surface area contributed by atoms with Gasteiger partial charge < -0.3 is 10.6 Å². The van der Waals surface area contributed by atoms with Crippen molar-refractivity contribution in [1.82, 2.24) is 25.4 Å². The number of nitrogens with zero attached hydrogens (tertiary/aromatic N) is 4. The normalized spacial score (nSPS) is 11.8. The van der Waals surface area contributed by atoms with Gasteiger partial charge in [-0.25, -0.2) is 14.7 Å². The Morgan fingerprint density at radius 1 is 1.25 bits per heavy atom. The number of halogens is 1. The lowest BCUT2D eigenvalue weighted by atomic mass is 10.1. The Kier molecular flexibility index (Phi) is 8.17. The molecule has 6 nitrogen and oxygen atoms in total. The van der Waals surface area contributed by atoms with Gasteiger partial charge >= 0.3 is 0 Å². The summed E-state index contributed by atoms with van der Waals surface area (Å²) in [6, 6.07) is 8.40. The third kappa shape index (κ3) is 7.29. The molecule has 0 aliphatic heterocycles. The van der Waals surface area contributed by atoms with Crippen LogP contribution in [0.15, 0.2) is 41.9 Å². The van der Waals surface area contributed by atoms with Crippen LogP contribution in [0.1, 0.15) is 38.8 Å². The fourth-order valence-corrected chi connectivity index (χ4v) is 2.16. The Morgan fingerprint density at radius 3 is 2.62 bits per heavy atom. The zero-order valence-electron chi connectivity index (χ0n) is 14.8. The van der Waals surface area contributed by atoms with E-state index in [1.165, 1.54) is 11.1 Å². The number of nitrogens with one attached hydrogen (secondary N) is 2. The average Bonchev–Trinajstić information content (AvgIpc) is 2.97. The largest absolute Gasteiger partial charge is 0.357 e. The lowest BCUT2D eigenvalue weighted by Gasteiger charge is -2.23. The van der Waals surface area contributed by atoms with Crippen molar-refractivity contribution in [1.29, 1.82) is 0 Å². The van der Waals surface area contributed by atoms with Crippen molar-refractivity contribution in [2.24, 2.45) is 4.99 Å². The molecule has 0 aliphatic carbocycles. The van der Waals surface area contributed by atoms with Crippen molar-refractivity contribution >= 4 is 29.9 Å². The molecule has 0 atom stereocenters. The molecule has 24 heavy (non-hydrogen) atoms. The van der Waals surface area contributed by atoms with Gasteiger partial charge in [0.25, 0.3) is 0 Å². The molecule has 2 rings (SSSR count). The van der Waals surface area contributed by atoms with Crippen LogP contribution in [0.3, 0.4) is 0 Å². The van der Waals surface area contributed by atoms with E-state index in [-0.39, 0.29) is 29.5 Å². The minimum atomic E-state index is -0.0179. The summed E-state index contributed by atoms with van der Waals surface area (Å²) in [5.41, 5.74) is 2.35. The van der Waals surface area contributed by atoms with E-state index in [9.17, 15) is 0 Å². The minimum Gasteiger partial charge on any atom is -0.357 e. The Morgan fingerprint density at radius 2 is 2.00 bits per heavy atom. The van der Waals surface area contributed by atoms with Gasteiger partial charge in [-0.1, -0.05) is 24.3 Å². The first-order valence-electron chi connectivity index (χ1n) is 7.93. The minimum absolute atomic E-state index is 0. The Hall–Kier alpha value is -1.64. The van der Waals surface area contributed by atoms with E-state index in [1.54, 1.807) is 12.7 Å². The van der Waals surface area contributed by atoms with Crippen LogP contribution in [-0.2, 0) is 13.1 Å². The van der Waals surface area contributed by atoms with Gasteiger partial charge in [0.05, 0.1) is 13.1 Å². The molecule has 1 aromatic heterocycles. The van der Waals surface area contributed by atoms with E-state index in [4.69, 9.17) is 0 Å². The van der Waals surface area contributed by atoms with Crippen molar-refractivity contribution in [3.63, 3.8) is 0 Å². The Balaban J connectivity index is 0.00000288. The highest BCUT2D eigenvalue weighted by Gasteiger charge is 2.11. The maximum Gasteiger partial charge on any atom is 0.191 e. The third-order valence-electron chi connectivity index (χ3n) is 3.06. The van der Waals surface area contributed by atoms with E-state index in [2.05, 4.69) is 77.7 Å². The summed E-state index contributed by atoms with van der Waals surface area (Å²) in [6.07, 6.45) is 3.27. The van der Waals surface area contributed by atoms with Gasteiger partial charge in [0, 0.05) is 12.1 Å². The number of hydrogen-bond acceptors (Lipinski definition) is 3. The summed E-state index contributed by atoms with van der Waals surface area (Å²) in [4.78, 5) is 8.64. The zero-order chi connectivity index (χ0) is 16.7. The molecule has 0 bridgehead atoms. The van der Waals surface area contributed by atoms with Gasteiger partial charge in [-0.15, -0.1) is 24.0 Å². The van der Waals surface area contributed by atoms with E-state index in [0.29, 0.717) is 6.54 Å². The molecular weight excluding hydrogens is 415 g/mol. The topological polar surface area (TPSA) is 67.1 Å². The van der Waals surface area contributed by atoms with Crippen LogP contribution in [0, 0.1) is 0 Å². The molecule has 7 heteroatoms. The van der Waals surface area contributed by atoms with Gasteiger partial charge in [-0.3, -0.25) is 0 Å². The second-order valence-electron chi connectivity index (χ2n) is 6.48. The average molecular weight is 442 g/mol. The van der Waals surface area contributed by atoms with Gasteiger partial charge in [0.2, 0.25) is 0 Å². The van der Waals surface area contributed by atoms with Crippen LogP contribution in [0.4, 0.5) is 0 Å². The van der Waals surface area contributed by atoms with Gasteiger partial charge in [0.1, 0.15) is 12.7 Å². The zero-order valence-corrected chi connectivity index (χ0v) is 17.1. The van der Waals surface area contributed by atoms with Crippen molar-refractivity contribution in [3.05, 3.63) is 48.0 Å². The van der Waals surface area contributed by atoms with Crippen molar-refractivity contribution in [3.8, 4) is 0 Å². The van der Waals surface area contributed by atoms with Crippen LogP contribution in [-0.4, -0.2) is 32.8 Å². The van der Waals surface area contributed by atoms with Crippen molar-refractivity contribution in [2.75, 3.05) is 6.54 Å². The lowest BCUT2D eigenvalue weighted by Crippen LogP contribution is -2.47. The van der Waals surface area contributed by atoms with Gasteiger partial charge in [-0.05, 0) is 38.8 Å². The molecule has 0 amide bonds. The predicted octanol–water partition coefficient (Wildman–Crippen LogP) is 2.80. The molecule has 0 saturated heterocycles. The van der Waals surface area contributed by atoms with Crippen molar-refractivity contribution in [2.45, 2.75) is 46.3 Å². The number of aliphatic imine (C=N–C) groups is 1. The second-order valence-corrected chi connectivity index (χ2v) is 6.48. The first-order valence-corrected chi connectivity index (χ1v) is 7.93. The quantitative estimate of drug-likeness (QED) is 0.425. The second kappa shape index (κ2) is 9.61. The molecule has 1 heterocycles. The highest BCUT2D eigenvalue weighted by atomic mass is 127. The first-order chi connectivity index (χ1) is 11.0. The molecular formula is C17H27IN6. The van der Waals surface area contributed by atoms with Crippen LogP contribution in [0.25, 0.3) is 0 Å². The number of benzene rings is 1. The maximum atomic E-state index is 4.67. The molecule has 0 unspecified atom stereocenters. The van der Waals surface area contributed by atoms with E-state index in [1.807, 2.05) is 4.68 Å². The number of rotatable bonds is 5. The number of guanidine groups is 1. The SMILES string of the molecule is CCNC(=NCc1cccc(Cn2cncn2)c1)NC(C)(C)C.I.